The molecule has 4 aromatic heterocycles. The summed E-state index contributed by atoms with van der Waals surface area (Å²) >= 11 is 0. The van der Waals surface area contributed by atoms with Gasteiger partial charge in [0.1, 0.15) is 11.4 Å². The first-order valence-electron chi connectivity index (χ1n) is 8.56. The van der Waals surface area contributed by atoms with E-state index in [0.717, 1.165) is 23.3 Å². The SMILES string of the molecule is COc1ccc2c(ncc3[nH]c[n+](Cc4ccc(S(=O)(=O)NC(C)=O)cn4)c32)n1. The zero-order valence-corrected chi connectivity index (χ0v) is 16.4. The van der Waals surface area contributed by atoms with Gasteiger partial charge in [0.15, 0.2) is 16.7 Å². The minimum Gasteiger partial charge on any atom is -0.481 e. The van der Waals surface area contributed by atoms with E-state index in [2.05, 4.69) is 19.9 Å². The van der Waals surface area contributed by atoms with Gasteiger partial charge in [0.25, 0.3) is 10.0 Å². The van der Waals surface area contributed by atoms with Gasteiger partial charge in [0.2, 0.25) is 18.1 Å². The van der Waals surface area contributed by atoms with Crippen LogP contribution in [0.5, 0.6) is 5.88 Å². The zero-order valence-electron chi connectivity index (χ0n) is 15.6. The minimum atomic E-state index is -3.91. The molecule has 0 aliphatic heterocycles. The first-order chi connectivity index (χ1) is 13.9. The monoisotopic (exact) mass is 413 g/mol. The van der Waals surface area contributed by atoms with Gasteiger partial charge in [-0.2, -0.15) is 4.98 Å². The Morgan fingerprint density at radius 1 is 1.21 bits per heavy atom. The van der Waals surface area contributed by atoms with E-state index in [9.17, 15) is 13.2 Å². The highest BCUT2D eigenvalue weighted by molar-refractivity contribution is 7.90. The highest BCUT2D eigenvalue weighted by Gasteiger charge is 2.18. The van der Waals surface area contributed by atoms with Gasteiger partial charge in [0.05, 0.1) is 24.4 Å². The number of rotatable bonds is 5. The fraction of sp³-hybridized carbons (Fsp3) is 0.167. The van der Waals surface area contributed by atoms with Crippen molar-refractivity contribution in [3.63, 3.8) is 0 Å². The molecule has 0 bridgehead atoms. The van der Waals surface area contributed by atoms with Crippen LogP contribution >= 0.6 is 0 Å². The van der Waals surface area contributed by atoms with Gasteiger partial charge < -0.3 is 4.74 Å². The van der Waals surface area contributed by atoms with Crippen molar-refractivity contribution in [2.24, 2.45) is 0 Å². The number of methoxy groups -OCH3 is 1. The maximum atomic E-state index is 12.0. The molecule has 0 fully saturated rings. The van der Waals surface area contributed by atoms with Crippen molar-refractivity contribution >= 4 is 38.0 Å². The van der Waals surface area contributed by atoms with Gasteiger partial charge in [-0.05, 0) is 18.2 Å². The predicted octanol–water partition coefficient (Wildman–Crippen LogP) is 0.675. The van der Waals surface area contributed by atoms with Crippen LogP contribution in [0.15, 0.2) is 47.9 Å². The number of aromatic amines is 1. The fourth-order valence-corrected chi connectivity index (χ4v) is 3.93. The van der Waals surface area contributed by atoms with Gasteiger partial charge in [-0.3, -0.25) is 9.78 Å². The molecule has 4 aromatic rings. The van der Waals surface area contributed by atoms with E-state index in [4.69, 9.17) is 4.74 Å². The van der Waals surface area contributed by atoms with Crippen molar-refractivity contribution < 1.29 is 22.5 Å². The average molecular weight is 413 g/mol. The number of amides is 1. The lowest BCUT2D eigenvalue weighted by Crippen LogP contribution is -2.33. The largest absolute Gasteiger partial charge is 0.481 e. The molecular weight excluding hydrogens is 396 g/mol. The fourth-order valence-electron chi connectivity index (χ4n) is 3.00. The number of ether oxygens (including phenoxy) is 1. The Bertz CT molecular complexity index is 1330. The normalized spacial score (nSPS) is 11.7. The number of pyridine rings is 3. The van der Waals surface area contributed by atoms with Crippen LogP contribution < -0.4 is 14.0 Å². The highest BCUT2D eigenvalue weighted by atomic mass is 32.2. The summed E-state index contributed by atoms with van der Waals surface area (Å²) in [5.74, 6) is -0.182. The number of carbonyl (C=O) groups is 1. The topological polar surface area (TPSA) is 131 Å². The molecule has 0 aliphatic rings. The molecule has 1 amide bonds. The number of hydrogen-bond donors (Lipinski definition) is 2. The molecule has 11 heteroatoms. The van der Waals surface area contributed by atoms with Crippen LogP contribution in [0.25, 0.3) is 22.1 Å². The summed E-state index contributed by atoms with van der Waals surface area (Å²) in [6, 6.07) is 6.67. The highest BCUT2D eigenvalue weighted by Crippen LogP contribution is 2.21. The Morgan fingerprint density at radius 2 is 2.03 bits per heavy atom. The van der Waals surface area contributed by atoms with Crippen molar-refractivity contribution in [2.45, 2.75) is 18.4 Å². The number of fused-ring (bicyclic) bond motifs is 3. The van der Waals surface area contributed by atoms with Crippen molar-refractivity contribution in [3.05, 3.63) is 48.7 Å². The molecule has 0 spiro atoms. The third-order valence-corrected chi connectivity index (χ3v) is 5.68. The molecule has 2 N–H and O–H groups in total. The predicted molar refractivity (Wildman–Crippen MR) is 102 cm³/mol. The Balaban J connectivity index is 1.69. The zero-order chi connectivity index (χ0) is 20.6. The summed E-state index contributed by atoms with van der Waals surface area (Å²) in [4.78, 5) is 27.1. The molecule has 0 aromatic carbocycles. The lowest BCUT2D eigenvalue weighted by molar-refractivity contribution is -0.662. The average Bonchev–Trinajstić information content (AvgIpc) is 3.10. The maximum absolute atomic E-state index is 12.0. The van der Waals surface area contributed by atoms with Crippen LogP contribution in [0.1, 0.15) is 12.6 Å². The molecule has 0 atom stereocenters. The Hall–Kier alpha value is -3.60. The van der Waals surface area contributed by atoms with E-state index in [1.54, 1.807) is 31.8 Å². The van der Waals surface area contributed by atoms with Crippen LogP contribution in [0.4, 0.5) is 0 Å². The van der Waals surface area contributed by atoms with Gasteiger partial charge in [0, 0.05) is 19.2 Å². The Labute approximate surface area is 165 Å². The molecule has 0 saturated carbocycles. The molecule has 10 nitrogen and oxygen atoms in total. The van der Waals surface area contributed by atoms with Gasteiger partial charge >= 0.3 is 0 Å². The number of sulfonamides is 1. The standard InChI is InChI=1S/C18H16N6O4S/c1-11(25)23-29(26,27)13-4-3-12(19-7-13)9-24-10-21-15-8-20-18-14(17(15)24)5-6-16(22-18)28-2/h3-8,10H,9H2,1-2H3,(H,23,25)/p+1. The maximum Gasteiger partial charge on any atom is 0.265 e. The number of hydrogen-bond acceptors (Lipinski definition) is 7. The van der Waals surface area contributed by atoms with Crippen LogP contribution in [-0.2, 0) is 21.4 Å². The van der Waals surface area contributed by atoms with Crippen LogP contribution in [0, 0.1) is 0 Å². The van der Waals surface area contributed by atoms with E-state index in [-0.39, 0.29) is 4.90 Å². The van der Waals surface area contributed by atoms with E-state index in [0.29, 0.717) is 23.8 Å². The van der Waals surface area contributed by atoms with Gasteiger partial charge in [-0.1, -0.05) is 0 Å². The smallest absolute Gasteiger partial charge is 0.265 e. The van der Waals surface area contributed by atoms with E-state index >= 15 is 0 Å². The van der Waals surface area contributed by atoms with Gasteiger partial charge in [-0.15, -0.1) is 0 Å². The quantitative estimate of drug-likeness (QED) is 0.460. The van der Waals surface area contributed by atoms with Crippen LogP contribution in [0.2, 0.25) is 0 Å². The molecule has 0 aliphatic carbocycles. The number of H-pyrrole nitrogens is 1. The summed E-state index contributed by atoms with van der Waals surface area (Å²) in [5, 5.41) is 0.842. The second-order valence-corrected chi connectivity index (χ2v) is 7.98. The van der Waals surface area contributed by atoms with Crippen molar-refractivity contribution in [3.8, 4) is 5.88 Å². The summed E-state index contributed by atoms with van der Waals surface area (Å²) in [7, 11) is -2.37. The Kier molecular flexibility index (Phi) is 4.59. The van der Waals surface area contributed by atoms with Crippen LogP contribution in [-0.4, -0.2) is 41.4 Å². The van der Waals surface area contributed by atoms with E-state index in [1.807, 2.05) is 15.4 Å². The van der Waals surface area contributed by atoms with E-state index in [1.165, 1.54) is 12.3 Å². The van der Waals surface area contributed by atoms with Crippen molar-refractivity contribution in [1.82, 2.24) is 24.7 Å². The minimum absolute atomic E-state index is 0.0775. The molecule has 4 rings (SSSR count). The number of imidazole rings is 1. The third kappa shape index (κ3) is 3.59. The number of nitrogens with one attached hydrogen (secondary N) is 2. The first kappa shape index (κ1) is 18.7. The molecule has 0 radical (unpaired) electrons. The molecule has 29 heavy (non-hydrogen) atoms. The summed E-state index contributed by atoms with van der Waals surface area (Å²) in [6.07, 6.45) is 4.71. The molecular formula is C18H17N6O4S+. The Morgan fingerprint density at radius 3 is 2.72 bits per heavy atom. The lowest BCUT2D eigenvalue weighted by Gasteiger charge is -2.05. The number of carbonyl (C=O) groups excluding carboxylic acids is 1. The number of aromatic nitrogens is 5. The summed E-state index contributed by atoms with van der Waals surface area (Å²) in [6.45, 7) is 1.53. The third-order valence-electron chi connectivity index (χ3n) is 4.27. The molecule has 0 saturated heterocycles. The molecule has 4 heterocycles. The van der Waals surface area contributed by atoms with Crippen molar-refractivity contribution in [1.29, 1.82) is 0 Å². The molecule has 0 unspecified atom stereocenters. The second kappa shape index (κ2) is 7.09. The summed E-state index contributed by atoms with van der Waals surface area (Å²) in [5.41, 5.74) is 2.91. The lowest BCUT2D eigenvalue weighted by atomic mass is 10.2. The van der Waals surface area contributed by atoms with E-state index < -0.39 is 15.9 Å². The second-order valence-electron chi connectivity index (χ2n) is 6.29. The van der Waals surface area contributed by atoms with Crippen molar-refractivity contribution in [2.75, 3.05) is 7.11 Å². The first-order valence-corrected chi connectivity index (χ1v) is 10.0. The summed E-state index contributed by atoms with van der Waals surface area (Å²) < 4.78 is 33.1. The number of nitrogens with zero attached hydrogens (tertiary/aromatic N) is 4. The molecule has 148 valence electrons. The van der Waals surface area contributed by atoms with Gasteiger partial charge in [-0.25, -0.2) is 27.7 Å². The van der Waals surface area contributed by atoms with Crippen LogP contribution in [0.3, 0.4) is 0 Å².